The van der Waals surface area contributed by atoms with Crippen LogP contribution in [0.5, 0.6) is 0 Å². The molecule has 3 rings (SSSR count). The number of hydrogen-bond donors (Lipinski definition) is 5. The predicted octanol–water partition coefficient (Wildman–Crippen LogP) is 2.01. The smallest absolute Gasteiger partial charge is 0.408 e. The highest BCUT2D eigenvalue weighted by Crippen LogP contribution is 2.62. The van der Waals surface area contributed by atoms with Crippen molar-refractivity contribution in [3.8, 4) is 0 Å². The molecule has 0 radical (unpaired) electrons. The van der Waals surface area contributed by atoms with Crippen LogP contribution in [0.25, 0.3) is 0 Å². The molecule has 11 heteroatoms. The summed E-state index contributed by atoms with van der Waals surface area (Å²) in [6, 6.07) is 3.57. The SMILES string of the molecule is CC(C)(C)OC(=O)NC1(C(=O)O)CC(NC(=O)Nc2cccc(F)c2)C2C(C(=O)O)C21. The number of halogens is 1. The van der Waals surface area contributed by atoms with Gasteiger partial charge < -0.3 is 30.9 Å². The first-order valence-electron chi connectivity index (χ1n) is 9.64. The molecule has 2 saturated carbocycles. The maximum absolute atomic E-state index is 13.3. The Kier molecular flexibility index (Phi) is 5.55. The third kappa shape index (κ3) is 4.54. The van der Waals surface area contributed by atoms with Gasteiger partial charge in [0, 0.05) is 24.1 Å². The summed E-state index contributed by atoms with van der Waals surface area (Å²) in [5.74, 6) is -5.86. The minimum absolute atomic E-state index is 0.175. The first kappa shape index (κ1) is 22.3. The minimum atomic E-state index is -1.91. The van der Waals surface area contributed by atoms with E-state index in [0.717, 1.165) is 6.07 Å². The van der Waals surface area contributed by atoms with E-state index in [-0.39, 0.29) is 12.1 Å². The van der Waals surface area contributed by atoms with Gasteiger partial charge in [-0.25, -0.2) is 18.8 Å². The molecule has 2 aliphatic carbocycles. The first-order chi connectivity index (χ1) is 14.3. The van der Waals surface area contributed by atoms with Crippen LogP contribution in [-0.4, -0.2) is 51.5 Å². The Morgan fingerprint density at radius 3 is 2.42 bits per heavy atom. The predicted molar refractivity (Wildman–Crippen MR) is 105 cm³/mol. The molecule has 0 spiro atoms. The summed E-state index contributed by atoms with van der Waals surface area (Å²) in [5.41, 5.74) is -2.62. The Bertz CT molecular complexity index is 932. The van der Waals surface area contributed by atoms with Crippen LogP contribution in [0.2, 0.25) is 0 Å². The third-order valence-corrected chi connectivity index (χ3v) is 5.44. The number of aliphatic carboxylic acids is 2. The van der Waals surface area contributed by atoms with Gasteiger partial charge in [0.2, 0.25) is 0 Å². The van der Waals surface area contributed by atoms with Crippen molar-refractivity contribution < 1.29 is 38.5 Å². The van der Waals surface area contributed by atoms with Crippen molar-refractivity contribution in [2.45, 2.75) is 44.4 Å². The van der Waals surface area contributed by atoms with Gasteiger partial charge in [0.15, 0.2) is 0 Å². The molecule has 1 aromatic carbocycles. The second-order valence-corrected chi connectivity index (χ2v) is 8.79. The molecule has 2 fully saturated rings. The summed E-state index contributed by atoms with van der Waals surface area (Å²) in [4.78, 5) is 48.5. The van der Waals surface area contributed by atoms with Gasteiger partial charge in [-0.05, 0) is 44.9 Å². The Balaban J connectivity index is 1.78. The van der Waals surface area contributed by atoms with Gasteiger partial charge in [0.25, 0.3) is 0 Å². The number of carbonyl (C=O) groups excluding carboxylic acids is 2. The number of rotatable bonds is 5. The van der Waals surface area contributed by atoms with Crippen LogP contribution in [0.1, 0.15) is 27.2 Å². The Morgan fingerprint density at radius 2 is 1.87 bits per heavy atom. The van der Waals surface area contributed by atoms with Crippen LogP contribution >= 0.6 is 0 Å². The lowest BCUT2D eigenvalue weighted by Gasteiger charge is -2.31. The Labute approximate surface area is 177 Å². The van der Waals surface area contributed by atoms with Gasteiger partial charge in [-0.1, -0.05) is 6.07 Å². The number of amides is 3. The quantitative estimate of drug-likeness (QED) is 0.472. The molecule has 10 nitrogen and oxygen atoms in total. The summed E-state index contributed by atoms with van der Waals surface area (Å²) in [7, 11) is 0. The zero-order chi connectivity index (χ0) is 23.1. The number of benzene rings is 1. The average Bonchev–Trinajstić information content (AvgIpc) is 3.28. The lowest BCUT2D eigenvalue weighted by molar-refractivity contribution is -0.147. The number of anilines is 1. The van der Waals surface area contributed by atoms with E-state index in [2.05, 4.69) is 16.0 Å². The lowest BCUT2D eigenvalue weighted by atomic mass is 9.89. The first-order valence-corrected chi connectivity index (χ1v) is 9.64. The van der Waals surface area contributed by atoms with Crippen molar-refractivity contribution in [2.75, 3.05) is 5.32 Å². The van der Waals surface area contributed by atoms with Crippen molar-refractivity contribution in [1.29, 1.82) is 0 Å². The maximum Gasteiger partial charge on any atom is 0.408 e. The number of fused-ring (bicyclic) bond motifs is 1. The summed E-state index contributed by atoms with van der Waals surface area (Å²) in [6.07, 6.45) is -1.22. The molecule has 2 aliphatic rings. The number of ether oxygens (including phenoxy) is 1. The summed E-state index contributed by atoms with van der Waals surface area (Å²) in [6.45, 7) is 4.82. The number of hydrogen-bond acceptors (Lipinski definition) is 5. The highest BCUT2D eigenvalue weighted by Gasteiger charge is 2.76. The van der Waals surface area contributed by atoms with E-state index in [1.807, 2.05) is 0 Å². The molecule has 5 N–H and O–H groups in total. The fourth-order valence-electron chi connectivity index (χ4n) is 4.36. The molecule has 31 heavy (non-hydrogen) atoms. The topological polar surface area (TPSA) is 154 Å². The van der Waals surface area contributed by atoms with Crippen LogP contribution < -0.4 is 16.0 Å². The number of carbonyl (C=O) groups is 4. The van der Waals surface area contributed by atoms with Gasteiger partial charge in [-0.2, -0.15) is 0 Å². The molecule has 1 aromatic rings. The van der Waals surface area contributed by atoms with Crippen LogP contribution in [-0.2, 0) is 14.3 Å². The molecular weight excluding hydrogens is 413 g/mol. The molecule has 168 valence electrons. The van der Waals surface area contributed by atoms with Gasteiger partial charge in [-0.3, -0.25) is 4.79 Å². The molecule has 3 amide bonds. The van der Waals surface area contributed by atoms with Gasteiger partial charge in [0.1, 0.15) is 17.0 Å². The van der Waals surface area contributed by atoms with Crippen LogP contribution in [0, 0.1) is 23.6 Å². The van der Waals surface area contributed by atoms with E-state index in [1.165, 1.54) is 18.2 Å². The number of urea groups is 1. The van der Waals surface area contributed by atoms with E-state index in [4.69, 9.17) is 4.74 Å². The number of carboxylic acid groups (broad SMARTS) is 2. The molecule has 5 unspecified atom stereocenters. The van der Waals surface area contributed by atoms with Gasteiger partial charge in [0.05, 0.1) is 5.92 Å². The average molecular weight is 437 g/mol. The highest BCUT2D eigenvalue weighted by molar-refractivity contribution is 5.92. The Morgan fingerprint density at radius 1 is 1.19 bits per heavy atom. The normalized spacial score (nSPS) is 28.8. The van der Waals surface area contributed by atoms with Gasteiger partial charge >= 0.3 is 24.1 Å². The number of carboxylic acids is 2. The van der Waals surface area contributed by atoms with Crippen molar-refractivity contribution in [1.82, 2.24) is 10.6 Å². The number of nitrogens with one attached hydrogen (secondary N) is 3. The molecular formula is C20H24FN3O7. The maximum atomic E-state index is 13.3. The van der Waals surface area contributed by atoms with E-state index in [1.54, 1.807) is 20.8 Å². The van der Waals surface area contributed by atoms with E-state index in [9.17, 15) is 33.8 Å². The second kappa shape index (κ2) is 7.71. The molecule has 5 atom stereocenters. The largest absolute Gasteiger partial charge is 0.481 e. The summed E-state index contributed by atoms with van der Waals surface area (Å²) in [5, 5.41) is 26.7. The molecule has 0 heterocycles. The molecule has 0 bridgehead atoms. The van der Waals surface area contributed by atoms with Gasteiger partial charge in [-0.15, -0.1) is 0 Å². The summed E-state index contributed by atoms with van der Waals surface area (Å²) >= 11 is 0. The molecule has 0 aromatic heterocycles. The monoisotopic (exact) mass is 437 g/mol. The molecule has 0 aliphatic heterocycles. The van der Waals surface area contributed by atoms with Crippen molar-refractivity contribution in [3.05, 3.63) is 30.1 Å². The fraction of sp³-hybridized carbons (Fsp3) is 0.500. The van der Waals surface area contributed by atoms with Crippen molar-refractivity contribution in [3.63, 3.8) is 0 Å². The fourth-order valence-corrected chi connectivity index (χ4v) is 4.36. The molecule has 0 saturated heterocycles. The summed E-state index contributed by atoms with van der Waals surface area (Å²) < 4.78 is 18.5. The zero-order valence-corrected chi connectivity index (χ0v) is 17.1. The zero-order valence-electron chi connectivity index (χ0n) is 17.1. The second-order valence-electron chi connectivity index (χ2n) is 8.79. The number of alkyl carbamates (subject to hydrolysis) is 1. The minimum Gasteiger partial charge on any atom is -0.481 e. The highest BCUT2D eigenvalue weighted by atomic mass is 19.1. The van der Waals surface area contributed by atoms with Crippen molar-refractivity contribution in [2.24, 2.45) is 17.8 Å². The lowest BCUT2D eigenvalue weighted by Crippen LogP contribution is -2.58. The van der Waals surface area contributed by atoms with E-state index < -0.39 is 64.8 Å². The van der Waals surface area contributed by atoms with Crippen LogP contribution in [0.4, 0.5) is 19.7 Å². The Hall–Kier alpha value is -3.37. The van der Waals surface area contributed by atoms with Crippen LogP contribution in [0.3, 0.4) is 0 Å². The van der Waals surface area contributed by atoms with Crippen LogP contribution in [0.15, 0.2) is 24.3 Å². The van der Waals surface area contributed by atoms with E-state index >= 15 is 0 Å². The third-order valence-electron chi connectivity index (χ3n) is 5.44. The standard InChI is InChI=1S/C20H24FN3O7/c1-19(2,3)31-18(30)24-20(16(27)28)8-11(12-13(14(12)20)15(25)26)23-17(29)22-10-6-4-5-9(21)7-10/h4-7,11-14H,8H2,1-3H3,(H,24,30)(H,25,26)(H,27,28)(H2,22,23,29). The van der Waals surface area contributed by atoms with Crippen molar-refractivity contribution >= 4 is 29.8 Å². The van der Waals surface area contributed by atoms with E-state index in [0.29, 0.717) is 0 Å².